The third kappa shape index (κ3) is 2.66. The molecular formula is C20H17FN4S. The number of hydrogen-bond donors (Lipinski definition) is 1. The number of hydrogen-bond acceptors (Lipinski definition) is 4. The smallest absolute Gasteiger partial charge is 0.208 e. The summed E-state index contributed by atoms with van der Waals surface area (Å²) in [6.45, 7) is 1.72. The fourth-order valence-corrected chi connectivity index (χ4v) is 4.49. The van der Waals surface area contributed by atoms with Gasteiger partial charge in [-0.3, -0.25) is 0 Å². The van der Waals surface area contributed by atoms with Gasteiger partial charge < -0.3 is 9.88 Å². The van der Waals surface area contributed by atoms with Gasteiger partial charge in [0.15, 0.2) is 0 Å². The number of fused-ring (bicyclic) bond motifs is 3. The highest BCUT2D eigenvalue weighted by Gasteiger charge is 2.23. The molecule has 26 heavy (non-hydrogen) atoms. The standard InChI is InChI=1S/C20H17FN4S/c21-16-7-3-1-5-13(16)11-19-23-24-20(26-19)25-10-9-15-14-6-2-4-8-17(14)22-18(15)12-25/h1-8,22H,9-12H2. The molecular weight excluding hydrogens is 347 g/mol. The molecule has 0 spiro atoms. The summed E-state index contributed by atoms with van der Waals surface area (Å²) in [5, 5.41) is 11.7. The first kappa shape index (κ1) is 15.5. The summed E-state index contributed by atoms with van der Waals surface area (Å²) in [6.07, 6.45) is 1.47. The van der Waals surface area contributed by atoms with Gasteiger partial charge in [-0.05, 0) is 29.7 Å². The number of H-pyrrole nitrogens is 1. The van der Waals surface area contributed by atoms with Gasteiger partial charge in [-0.1, -0.05) is 47.7 Å². The van der Waals surface area contributed by atoms with Crippen molar-refractivity contribution < 1.29 is 4.39 Å². The third-order valence-corrected chi connectivity index (χ3v) is 5.89. The van der Waals surface area contributed by atoms with Crippen LogP contribution in [0.5, 0.6) is 0 Å². The molecule has 5 rings (SSSR count). The summed E-state index contributed by atoms with van der Waals surface area (Å²) >= 11 is 1.55. The van der Waals surface area contributed by atoms with E-state index in [4.69, 9.17) is 0 Å². The van der Waals surface area contributed by atoms with Crippen LogP contribution >= 0.6 is 11.3 Å². The number of rotatable bonds is 3. The first-order valence-corrected chi connectivity index (χ1v) is 9.49. The van der Waals surface area contributed by atoms with Gasteiger partial charge in [-0.25, -0.2) is 4.39 Å². The maximum Gasteiger partial charge on any atom is 0.208 e. The first-order valence-electron chi connectivity index (χ1n) is 8.67. The monoisotopic (exact) mass is 364 g/mol. The van der Waals surface area contributed by atoms with Crippen LogP contribution in [0.3, 0.4) is 0 Å². The highest BCUT2D eigenvalue weighted by atomic mass is 32.1. The summed E-state index contributed by atoms with van der Waals surface area (Å²) in [6, 6.07) is 15.3. The normalized spacial score (nSPS) is 14.0. The number of aromatic amines is 1. The van der Waals surface area contributed by atoms with Gasteiger partial charge in [0.25, 0.3) is 0 Å². The second-order valence-corrected chi connectivity index (χ2v) is 7.59. The highest BCUT2D eigenvalue weighted by molar-refractivity contribution is 7.15. The van der Waals surface area contributed by atoms with Gasteiger partial charge in [0, 0.05) is 29.6 Å². The summed E-state index contributed by atoms with van der Waals surface area (Å²) < 4.78 is 13.8. The fraction of sp³-hybridized carbons (Fsp3) is 0.200. The SMILES string of the molecule is Fc1ccccc1Cc1nnc(N2CCc3c([nH]c4ccccc34)C2)s1. The summed E-state index contributed by atoms with van der Waals surface area (Å²) in [7, 11) is 0. The molecule has 4 nitrogen and oxygen atoms in total. The molecule has 1 N–H and O–H groups in total. The molecule has 4 aromatic rings. The van der Waals surface area contributed by atoms with Crippen LogP contribution < -0.4 is 4.90 Å². The zero-order chi connectivity index (χ0) is 17.5. The maximum atomic E-state index is 13.8. The zero-order valence-corrected chi connectivity index (χ0v) is 14.9. The number of nitrogens with one attached hydrogen (secondary N) is 1. The van der Waals surface area contributed by atoms with Gasteiger partial charge in [0.05, 0.1) is 6.54 Å². The minimum atomic E-state index is -0.190. The van der Waals surface area contributed by atoms with Gasteiger partial charge in [0.2, 0.25) is 5.13 Å². The maximum absolute atomic E-state index is 13.8. The molecule has 0 saturated heterocycles. The Hall–Kier alpha value is -2.73. The Labute approximate surface area is 154 Å². The van der Waals surface area contributed by atoms with E-state index in [0.717, 1.165) is 29.6 Å². The molecule has 130 valence electrons. The number of anilines is 1. The quantitative estimate of drug-likeness (QED) is 0.589. The van der Waals surface area contributed by atoms with E-state index in [1.54, 1.807) is 23.5 Å². The second-order valence-electron chi connectivity index (χ2n) is 6.55. The molecule has 2 aromatic heterocycles. The van der Waals surface area contributed by atoms with E-state index in [0.29, 0.717) is 12.0 Å². The highest BCUT2D eigenvalue weighted by Crippen LogP contribution is 2.31. The zero-order valence-electron chi connectivity index (χ0n) is 14.1. The third-order valence-electron chi connectivity index (χ3n) is 4.91. The molecule has 1 aliphatic heterocycles. The van der Waals surface area contributed by atoms with E-state index < -0.39 is 0 Å². The average Bonchev–Trinajstić information content (AvgIpc) is 3.27. The Morgan fingerprint density at radius 2 is 1.92 bits per heavy atom. The summed E-state index contributed by atoms with van der Waals surface area (Å²) in [5.41, 5.74) is 4.51. The summed E-state index contributed by atoms with van der Waals surface area (Å²) in [4.78, 5) is 5.79. The molecule has 0 amide bonds. The van der Waals surface area contributed by atoms with E-state index in [1.165, 1.54) is 28.2 Å². The van der Waals surface area contributed by atoms with Crippen molar-refractivity contribution in [3.05, 3.63) is 76.2 Å². The Morgan fingerprint density at radius 1 is 1.08 bits per heavy atom. The van der Waals surface area contributed by atoms with Crippen molar-refractivity contribution in [3.63, 3.8) is 0 Å². The molecule has 0 bridgehead atoms. The predicted molar refractivity (Wildman–Crippen MR) is 102 cm³/mol. The number of benzene rings is 2. The van der Waals surface area contributed by atoms with Crippen molar-refractivity contribution >= 4 is 27.4 Å². The van der Waals surface area contributed by atoms with Crippen molar-refractivity contribution in [2.45, 2.75) is 19.4 Å². The molecule has 0 unspecified atom stereocenters. The Balaban J connectivity index is 1.38. The molecule has 6 heteroatoms. The van der Waals surface area contributed by atoms with Crippen LogP contribution in [0.4, 0.5) is 9.52 Å². The van der Waals surface area contributed by atoms with E-state index in [-0.39, 0.29) is 5.82 Å². The number of aromatic nitrogens is 3. The predicted octanol–water partition coefficient (Wildman–Crippen LogP) is 4.31. The van der Waals surface area contributed by atoms with Crippen LogP contribution in [0.25, 0.3) is 10.9 Å². The fourth-order valence-electron chi connectivity index (χ4n) is 3.60. The molecule has 0 saturated carbocycles. The van der Waals surface area contributed by atoms with E-state index in [9.17, 15) is 4.39 Å². The lowest BCUT2D eigenvalue weighted by Crippen LogP contribution is -2.30. The van der Waals surface area contributed by atoms with Crippen molar-refractivity contribution in [2.24, 2.45) is 0 Å². The number of nitrogens with zero attached hydrogens (tertiary/aromatic N) is 3. The van der Waals surface area contributed by atoms with Gasteiger partial charge in [0.1, 0.15) is 10.8 Å². The van der Waals surface area contributed by atoms with Gasteiger partial charge >= 0.3 is 0 Å². The van der Waals surface area contributed by atoms with Crippen molar-refractivity contribution in [3.8, 4) is 0 Å². The van der Waals surface area contributed by atoms with Gasteiger partial charge in [-0.2, -0.15) is 0 Å². The van der Waals surface area contributed by atoms with Crippen LogP contribution in [0.15, 0.2) is 48.5 Å². The van der Waals surface area contributed by atoms with Crippen molar-refractivity contribution in [2.75, 3.05) is 11.4 Å². The van der Waals surface area contributed by atoms with Crippen LogP contribution in [-0.4, -0.2) is 21.7 Å². The molecule has 0 atom stereocenters. The van der Waals surface area contributed by atoms with Crippen molar-refractivity contribution in [1.29, 1.82) is 0 Å². The van der Waals surface area contributed by atoms with Gasteiger partial charge in [-0.15, -0.1) is 10.2 Å². The molecule has 0 fully saturated rings. The molecule has 0 radical (unpaired) electrons. The Morgan fingerprint density at radius 3 is 2.85 bits per heavy atom. The Bertz CT molecular complexity index is 1080. The van der Waals surface area contributed by atoms with Crippen molar-refractivity contribution in [1.82, 2.24) is 15.2 Å². The molecule has 1 aliphatic rings. The largest absolute Gasteiger partial charge is 0.357 e. The lowest BCUT2D eigenvalue weighted by Gasteiger charge is -2.26. The molecule has 2 aromatic carbocycles. The first-order chi connectivity index (χ1) is 12.8. The van der Waals surface area contributed by atoms with Crippen LogP contribution in [0.2, 0.25) is 0 Å². The lowest BCUT2D eigenvalue weighted by atomic mass is 10.0. The minimum absolute atomic E-state index is 0.190. The summed E-state index contributed by atoms with van der Waals surface area (Å²) in [5.74, 6) is -0.190. The van der Waals surface area contributed by atoms with E-state index in [1.807, 2.05) is 6.07 Å². The number of para-hydroxylation sites is 1. The second kappa shape index (κ2) is 6.21. The average molecular weight is 364 g/mol. The van der Waals surface area contributed by atoms with E-state index in [2.05, 4.69) is 44.3 Å². The van der Waals surface area contributed by atoms with E-state index >= 15 is 0 Å². The van der Waals surface area contributed by atoms with Crippen LogP contribution in [0.1, 0.15) is 21.8 Å². The van der Waals surface area contributed by atoms with Crippen LogP contribution in [0, 0.1) is 5.82 Å². The topological polar surface area (TPSA) is 44.8 Å². The number of halogens is 1. The van der Waals surface area contributed by atoms with Crippen LogP contribution in [-0.2, 0) is 19.4 Å². The minimum Gasteiger partial charge on any atom is -0.357 e. The molecule has 3 heterocycles. The molecule has 0 aliphatic carbocycles. The lowest BCUT2D eigenvalue weighted by molar-refractivity contribution is 0.613. The Kier molecular flexibility index (Phi) is 3.71.